The van der Waals surface area contributed by atoms with Gasteiger partial charge in [-0.1, -0.05) is 18.0 Å². The van der Waals surface area contributed by atoms with Gasteiger partial charge in [0.05, 0.1) is 116 Å². The number of nitrogens with two attached hydrogens (primary N) is 4. The van der Waals surface area contributed by atoms with Gasteiger partial charge in [-0.3, -0.25) is 24.0 Å². The minimum Gasteiger partial charge on any atom is -0.480 e. The van der Waals surface area contributed by atoms with Crippen LogP contribution in [-0.2, 0) is 65.5 Å². The molecule has 0 unspecified atom stereocenters. The highest BCUT2D eigenvalue weighted by atomic mass is 16.6. The first-order valence-electron chi connectivity index (χ1n) is 34.6. The zero-order chi connectivity index (χ0) is 75.6. The summed E-state index contributed by atoms with van der Waals surface area (Å²) < 4.78 is 33.2. The molecule has 0 bridgehead atoms. The summed E-state index contributed by atoms with van der Waals surface area (Å²) in [6, 6.07) is 10.5. The summed E-state index contributed by atoms with van der Waals surface area (Å²) in [4.78, 5) is 131. The SMILES string of the molecule is CN(Cc1cnc2nc(N)nc(N)c2n1)c1ccc(C(=O)N[C@@H](CCC(=O)NCCCCCN(CCCCCNC(=O)CC[C@H](NC(=O)c2ccc(N(C)Cc3cnc4nc(N)nc(N)c4n3)cc2)C(=O)O)CCOCCOCCNC(=O)CCOCCOCCOCCOCCN=[N+]=[N-])C(=O)O)cc1. The normalized spacial score (nSPS) is 11.8. The molecule has 570 valence electrons. The lowest BCUT2D eigenvalue weighted by Gasteiger charge is -2.22. The second kappa shape index (κ2) is 46.9. The van der Waals surface area contributed by atoms with Crippen LogP contribution in [0.15, 0.2) is 66.0 Å². The number of carboxylic acid groups (broad SMARTS) is 2. The number of benzene rings is 2. The average Bonchev–Trinajstić information content (AvgIpc) is 0.818. The second-order valence-electron chi connectivity index (χ2n) is 24.0. The lowest BCUT2D eigenvalue weighted by atomic mass is 10.1. The van der Waals surface area contributed by atoms with Crippen LogP contribution in [0, 0.1) is 0 Å². The highest BCUT2D eigenvalue weighted by molar-refractivity contribution is 5.98. The van der Waals surface area contributed by atoms with Crippen LogP contribution in [0.5, 0.6) is 0 Å². The summed E-state index contributed by atoms with van der Waals surface area (Å²) in [5.74, 6) is -4.44. The van der Waals surface area contributed by atoms with E-state index in [9.17, 15) is 43.8 Å². The Morgan fingerprint density at radius 3 is 1.32 bits per heavy atom. The van der Waals surface area contributed by atoms with Gasteiger partial charge in [-0.2, -0.15) is 19.9 Å². The van der Waals surface area contributed by atoms with Crippen molar-refractivity contribution in [1.29, 1.82) is 0 Å². The van der Waals surface area contributed by atoms with E-state index < -0.39 is 35.8 Å². The number of rotatable bonds is 54. The van der Waals surface area contributed by atoms with E-state index >= 15 is 0 Å². The lowest BCUT2D eigenvalue weighted by Crippen LogP contribution is -2.41. The van der Waals surface area contributed by atoms with Crippen LogP contribution in [0.4, 0.5) is 34.9 Å². The summed E-state index contributed by atoms with van der Waals surface area (Å²) in [5, 5.41) is 36.9. The molecule has 38 heteroatoms. The molecule has 2 atom stereocenters. The number of nitrogens with one attached hydrogen (secondary N) is 5. The maximum Gasteiger partial charge on any atom is 0.326 e. The largest absolute Gasteiger partial charge is 0.480 e. The van der Waals surface area contributed by atoms with Gasteiger partial charge in [0.1, 0.15) is 12.1 Å². The van der Waals surface area contributed by atoms with Crippen LogP contribution in [-0.4, -0.2) is 248 Å². The predicted octanol–water partition coefficient (Wildman–Crippen LogP) is 2.17. The maximum absolute atomic E-state index is 13.2. The van der Waals surface area contributed by atoms with Gasteiger partial charge in [0, 0.05) is 93.5 Å². The van der Waals surface area contributed by atoms with Crippen LogP contribution in [0.2, 0.25) is 0 Å². The number of aliphatic carboxylic acids is 2. The topological polar surface area (TPSA) is 541 Å². The van der Waals surface area contributed by atoms with E-state index in [1.54, 1.807) is 60.9 Å². The third-order valence-electron chi connectivity index (χ3n) is 15.9. The fourth-order valence-corrected chi connectivity index (χ4v) is 10.3. The molecule has 5 amide bonds. The number of nitrogens with zero attached hydrogens (tertiary/aromatic N) is 14. The van der Waals surface area contributed by atoms with Gasteiger partial charge >= 0.3 is 11.9 Å². The standard InChI is InChI=1S/C67H97N23O15/c1-88(43-47-41-76-60-56(79-47)58(68)83-66(70)85-60)49-13-9-45(10-14-49)62(94)81-51(64(96)97)17-19-53(91)73-22-5-3-7-26-90(28-32-103-36-34-101-30-24-75-55(93)21-29-100-33-37-104-39-40-105-38-35-102-31-25-78-87-72)27-8-4-6-23-74-54(92)20-18-52(65(98)99)82-63(95)46-11-15-50(16-12-46)89(2)44-48-42-77-61-57(80-48)59(69)84-67(71)86-61/h9-16,41-42,51-52H,3-8,17-40,43-44H2,1-2H3,(H,73,91)(H,74,92)(H,75,93)(H,81,94)(H,82,95)(H,96,97)(H,98,99)(H4,68,70,76,83,85)(H4,69,71,77,84,86)/t51-,52-/m0/s1. The quantitative estimate of drug-likeness (QED) is 0.0113. The lowest BCUT2D eigenvalue weighted by molar-refractivity contribution is -0.140. The molecular formula is C67H97N23O15. The minimum atomic E-state index is -1.31. The molecule has 6 aromatic rings. The number of hydrogen-bond donors (Lipinski definition) is 11. The first-order chi connectivity index (χ1) is 50.8. The fourth-order valence-electron chi connectivity index (χ4n) is 10.3. The molecular weight excluding hydrogens is 1370 g/mol. The number of carboxylic acids is 2. The molecule has 0 fully saturated rings. The Bertz CT molecular complexity index is 3570. The average molecular weight is 1460 g/mol. The predicted molar refractivity (Wildman–Crippen MR) is 388 cm³/mol. The van der Waals surface area contributed by atoms with Crippen LogP contribution in [0.25, 0.3) is 32.8 Å². The number of azide groups is 1. The number of nitrogen functional groups attached to an aromatic ring is 4. The number of unbranched alkanes of at least 4 members (excludes halogenated alkanes) is 4. The molecule has 6 rings (SSSR count). The van der Waals surface area contributed by atoms with Gasteiger partial charge in [-0.15, -0.1) is 0 Å². The van der Waals surface area contributed by atoms with Gasteiger partial charge in [0.15, 0.2) is 34.0 Å². The maximum atomic E-state index is 13.2. The first kappa shape index (κ1) is 83.3. The van der Waals surface area contributed by atoms with Crippen molar-refractivity contribution in [2.24, 2.45) is 5.11 Å². The molecule has 4 aromatic heterocycles. The van der Waals surface area contributed by atoms with E-state index in [0.717, 1.165) is 50.1 Å². The van der Waals surface area contributed by atoms with Gasteiger partial charge < -0.3 is 103 Å². The molecule has 4 heterocycles. The Morgan fingerprint density at radius 1 is 0.486 bits per heavy atom. The molecule has 0 aliphatic carbocycles. The van der Waals surface area contributed by atoms with Crippen LogP contribution < -0.4 is 59.3 Å². The zero-order valence-electron chi connectivity index (χ0n) is 59.3. The molecule has 0 spiro atoms. The molecule has 0 aliphatic rings. The van der Waals surface area contributed by atoms with E-state index in [0.29, 0.717) is 147 Å². The third-order valence-corrected chi connectivity index (χ3v) is 15.9. The van der Waals surface area contributed by atoms with Gasteiger partial charge in [0.2, 0.25) is 29.6 Å². The summed E-state index contributed by atoms with van der Waals surface area (Å²) in [6.07, 6.45) is 7.29. The molecule has 0 saturated carbocycles. The van der Waals surface area contributed by atoms with E-state index in [1.165, 1.54) is 0 Å². The minimum absolute atomic E-state index is 0.0103. The van der Waals surface area contributed by atoms with Crippen molar-refractivity contribution in [1.82, 2.24) is 71.4 Å². The molecule has 2 aromatic carbocycles. The van der Waals surface area contributed by atoms with Crippen LogP contribution in [0.3, 0.4) is 0 Å². The van der Waals surface area contributed by atoms with Crippen LogP contribution in [0.1, 0.15) is 103 Å². The first-order valence-corrected chi connectivity index (χ1v) is 34.6. The third kappa shape index (κ3) is 31.9. The van der Waals surface area contributed by atoms with Crippen molar-refractivity contribution in [3.8, 4) is 0 Å². The fraction of sp³-hybridized carbons (Fsp3) is 0.537. The van der Waals surface area contributed by atoms with Gasteiger partial charge in [-0.25, -0.2) is 29.5 Å². The number of carbonyl (C=O) groups is 7. The summed E-state index contributed by atoms with van der Waals surface area (Å²) in [6.45, 7) is 8.30. The number of hydrogen-bond acceptors (Lipinski definition) is 29. The highest BCUT2D eigenvalue weighted by Gasteiger charge is 2.24. The van der Waals surface area contributed by atoms with Crippen molar-refractivity contribution in [2.75, 3.05) is 172 Å². The van der Waals surface area contributed by atoms with E-state index in [4.69, 9.17) is 56.9 Å². The van der Waals surface area contributed by atoms with Gasteiger partial charge in [-0.05, 0) is 106 Å². The number of fused-ring (bicyclic) bond motifs is 2. The number of anilines is 6. The second-order valence-corrected chi connectivity index (χ2v) is 24.0. The van der Waals surface area contributed by atoms with Crippen molar-refractivity contribution < 1.29 is 72.2 Å². The van der Waals surface area contributed by atoms with Crippen molar-refractivity contribution in [3.05, 3.63) is 93.9 Å². The van der Waals surface area contributed by atoms with Crippen LogP contribution >= 0.6 is 0 Å². The zero-order valence-corrected chi connectivity index (χ0v) is 59.3. The molecule has 0 radical (unpaired) electrons. The Labute approximate surface area is 606 Å². The Morgan fingerprint density at radius 2 is 0.886 bits per heavy atom. The monoisotopic (exact) mass is 1460 g/mol. The van der Waals surface area contributed by atoms with E-state index in [-0.39, 0.29) is 109 Å². The van der Waals surface area contributed by atoms with E-state index in [2.05, 4.69) is 81.4 Å². The Balaban J connectivity index is 0.854. The van der Waals surface area contributed by atoms with Crippen molar-refractivity contribution >= 4 is 98.7 Å². The summed E-state index contributed by atoms with van der Waals surface area (Å²) in [5.41, 5.74) is 35.8. The number of carbonyl (C=O) groups excluding carboxylic acids is 5. The van der Waals surface area contributed by atoms with E-state index in [1.807, 2.05) is 23.9 Å². The Hall–Kier alpha value is -10.6. The smallest absolute Gasteiger partial charge is 0.326 e. The molecule has 15 N–H and O–H groups in total. The molecule has 38 nitrogen and oxygen atoms in total. The molecule has 105 heavy (non-hydrogen) atoms. The summed E-state index contributed by atoms with van der Waals surface area (Å²) in [7, 11) is 3.64. The number of aromatic nitrogens is 8. The number of amides is 5. The van der Waals surface area contributed by atoms with Crippen molar-refractivity contribution in [2.45, 2.75) is 95.8 Å². The number of ether oxygens (including phenoxy) is 6. The van der Waals surface area contributed by atoms with Gasteiger partial charge in [0.25, 0.3) is 11.8 Å². The Kier molecular flexibility index (Phi) is 37.2. The molecule has 0 aliphatic heterocycles. The highest BCUT2D eigenvalue weighted by Crippen LogP contribution is 2.22. The summed E-state index contributed by atoms with van der Waals surface area (Å²) >= 11 is 0. The van der Waals surface area contributed by atoms with Crippen molar-refractivity contribution in [3.63, 3.8) is 0 Å². The molecule has 0 saturated heterocycles.